The summed E-state index contributed by atoms with van der Waals surface area (Å²) in [4.78, 5) is 2.14. The molecular formula is C11H21ClN4. The lowest BCUT2D eigenvalue weighted by atomic mass is 10.3. The third-order valence-corrected chi connectivity index (χ3v) is 2.76. The van der Waals surface area contributed by atoms with Crippen LogP contribution in [0.4, 0.5) is 0 Å². The molecule has 0 radical (unpaired) electrons. The van der Waals surface area contributed by atoms with E-state index in [2.05, 4.69) is 36.3 Å². The maximum atomic E-state index is 6.11. The molecule has 1 aromatic rings. The van der Waals surface area contributed by atoms with E-state index in [1.807, 2.05) is 4.68 Å². The summed E-state index contributed by atoms with van der Waals surface area (Å²) >= 11 is 6.11. The topological polar surface area (TPSA) is 33.1 Å². The minimum absolute atomic E-state index is 0.775. The Bertz CT molecular complexity index is 309. The molecule has 0 amide bonds. The van der Waals surface area contributed by atoms with Gasteiger partial charge in [-0.25, -0.2) is 0 Å². The summed E-state index contributed by atoms with van der Waals surface area (Å²) in [7, 11) is 4.12. The fourth-order valence-electron chi connectivity index (χ4n) is 1.51. The van der Waals surface area contributed by atoms with E-state index < -0.39 is 0 Å². The van der Waals surface area contributed by atoms with Gasteiger partial charge >= 0.3 is 0 Å². The molecule has 1 heterocycles. The van der Waals surface area contributed by atoms with Gasteiger partial charge in [-0.3, -0.25) is 4.68 Å². The van der Waals surface area contributed by atoms with Crippen LogP contribution in [0.5, 0.6) is 0 Å². The van der Waals surface area contributed by atoms with Crippen molar-refractivity contribution >= 4 is 11.6 Å². The number of likely N-dealkylation sites (N-methyl/N-ethyl adjacent to an activating group) is 2. The zero-order chi connectivity index (χ0) is 12.0. The Hall–Kier alpha value is -0.580. The minimum atomic E-state index is 0.775. The van der Waals surface area contributed by atoms with Crippen LogP contribution in [0.3, 0.4) is 0 Å². The number of aromatic nitrogens is 2. The predicted molar refractivity (Wildman–Crippen MR) is 68.0 cm³/mol. The summed E-state index contributed by atoms with van der Waals surface area (Å²) in [6, 6.07) is 0. The molecular weight excluding hydrogens is 224 g/mol. The first kappa shape index (κ1) is 13.5. The molecule has 0 bridgehead atoms. The van der Waals surface area contributed by atoms with Crippen molar-refractivity contribution in [1.82, 2.24) is 20.0 Å². The molecule has 0 atom stereocenters. The molecule has 0 aliphatic carbocycles. The highest BCUT2D eigenvalue weighted by molar-refractivity contribution is 6.31. The van der Waals surface area contributed by atoms with E-state index in [9.17, 15) is 0 Å². The van der Waals surface area contributed by atoms with Gasteiger partial charge in [-0.2, -0.15) is 5.10 Å². The number of halogens is 1. The van der Waals surface area contributed by atoms with E-state index in [4.69, 9.17) is 11.6 Å². The molecule has 5 heteroatoms. The monoisotopic (exact) mass is 244 g/mol. The van der Waals surface area contributed by atoms with Crippen molar-refractivity contribution in [2.45, 2.75) is 19.9 Å². The van der Waals surface area contributed by atoms with Crippen LogP contribution in [0.25, 0.3) is 0 Å². The lowest BCUT2D eigenvalue weighted by Crippen LogP contribution is -2.22. The van der Waals surface area contributed by atoms with E-state index in [1.54, 1.807) is 6.20 Å². The number of nitrogens with zero attached hydrogens (tertiary/aromatic N) is 3. The smallest absolute Gasteiger partial charge is 0.0818 e. The van der Waals surface area contributed by atoms with Gasteiger partial charge in [0.2, 0.25) is 0 Å². The van der Waals surface area contributed by atoms with Gasteiger partial charge in [-0.15, -0.1) is 0 Å². The van der Waals surface area contributed by atoms with Crippen LogP contribution in [0.2, 0.25) is 5.02 Å². The van der Waals surface area contributed by atoms with Gasteiger partial charge in [-0.1, -0.05) is 18.5 Å². The van der Waals surface area contributed by atoms with Crippen molar-refractivity contribution in [3.63, 3.8) is 0 Å². The van der Waals surface area contributed by atoms with Crippen molar-refractivity contribution in [2.24, 2.45) is 0 Å². The van der Waals surface area contributed by atoms with Gasteiger partial charge in [-0.05, 0) is 20.6 Å². The van der Waals surface area contributed by atoms with Crippen molar-refractivity contribution in [2.75, 3.05) is 33.7 Å². The van der Waals surface area contributed by atoms with E-state index >= 15 is 0 Å². The Morgan fingerprint density at radius 1 is 1.50 bits per heavy atom. The molecule has 0 fully saturated rings. The van der Waals surface area contributed by atoms with Crippen LogP contribution in [-0.2, 0) is 13.0 Å². The van der Waals surface area contributed by atoms with Gasteiger partial charge in [0.05, 0.1) is 23.5 Å². The zero-order valence-electron chi connectivity index (χ0n) is 10.3. The Morgan fingerprint density at radius 2 is 2.25 bits per heavy atom. The number of hydrogen-bond acceptors (Lipinski definition) is 3. The molecule has 0 spiro atoms. The standard InChI is InChI=1S/C11H21ClN4/c1-4-13-6-5-11-10(12)9-14-16(11)8-7-15(2)3/h9,13H,4-8H2,1-3H3. The van der Waals surface area contributed by atoms with Crippen LogP contribution in [0.1, 0.15) is 12.6 Å². The molecule has 0 saturated heterocycles. The van der Waals surface area contributed by atoms with Crippen molar-refractivity contribution in [1.29, 1.82) is 0 Å². The Morgan fingerprint density at radius 3 is 2.88 bits per heavy atom. The summed E-state index contributed by atoms with van der Waals surface area (Å²) in [5, 5.41) is 8.37. The van der Waals surface area contributed by atoms with Crippen molar-refractivity contribution in [3.05, 3.63) is 16.9 Å². The van der Waals surface area contributed by atoms with Crippen LogP contribution >= 0.6 is 11.6 Å². The van der Waals surface area contributed by atoms with E-state index in [0.29, 0.717) is 0 Å². The van der Waals surface area contributed by atoms with Crippen LogP contribution < -0.4 is 5.32 Å². The molecule has 0 saturated carbocycles. The second kappa shape index (κ2) is 6.89. The number of nitrogens with one attached hydrogen (secondary N) is 1. The normalized spacial score (nSPS) is 11.3. The first-order chi connectivity index (χ1) is 7.65. The predicted octanol–water partition coefficient (Wildman–Crippen LogP) is 1.25. The molecule has 1 N–H and O–H groups in total. The second-order valence-electron chi connectivity index (χ2n) is 4.07. The summed E-state index contributed by atoms with van der Waals surface area (Å²) in [5.74, 6) is 0. The molecule has 1 aromatic heterocycles. The molecule has 0 aromatic carbocycles. The first-order valence-corrected chi connectivity index (χ1v) is 6.08. The van der Waals surface area contributed by atoms with Gasteiger partial charge in [0, 0.05) is 19.5 Å². The van der Waals surface area contributed by atoms with E-state index in [1.165, 1.54) is 0 Å². The quantitative estimate of drug-likeness (QED) is 0.733. The first-order valence-electron chi connectivity index (χ1n) is 5.70. The SMILES string of the molecule is CCNCCc1c(Cl)cnn1CCN(C)C. The Labute approximate surface area is 103 Å². The molecule has 1 rings (SSSR count). The summed E-state index contributed by atoms with van der Waals surface area (Å²) in [6.07, 6.45) is 2.67. The van der Waals surface area contributed by atoms with Crippen LogP contribution in [0, 0.1) is 0 Å². The van der Waals surface area contributed by atoms with Crippen LogP contribution in [-0.4, -0.2) is 48.4 Å². The molecule has 0 aliphatic rings. The lowest BCUT2D eigenvalue weighted by molar-refractivity contribution is 0.369. The molecule has 16 heavy (non-hydrogen) atoms. The minimum Gasteiger partial charge on any atom is -0.317 e. The van der Waals surface area contributed by atoms with E-state index in [0.717, 1.165) is 43.3 Å². The van der Waals surface area contributed by atoms with Gasteiger partial charge < -0.3 is 10.2 Å². The molecule has 92 valence electrons. The van der Waals surface area contributed by atoms with E-state index in [-0.39, 0.29) is 0 Å². The molecule has 4 nitrogen and oxygen atoms in total. The Kier molecular flexibility index (Phi) is 5.80. The largest absolute Gasteiger partial charge is 0.317 e. The van der Waals surface area contributed by atoms with Gasteiger partial charge in [0.25, 0.3) is 0 Å². The average molecular weight is 245 g/mol. The fourth-order valence-corrected chi connectivity index (χ4v) is 1.74. The summed E-state index contributed by atoms with van der Waals surface area (Å²) in [5.41, 5.74) is 1.13. The average Bonchev–Trinajstić information content (AvgIpc) is 2.58. The molecule has 0 aliphatic heterocycles. The molecule has 0 unspecified atom stereocenters. The van der Waals surface area contributed by atoms with Crippen molar-refractivity contribution in [3.8, 4) is 0 Å². The van der Waals surface area contributed by atoms with Crippen molar-refractivity contribution < 1.29 is 0 Å². The zero-order valence-corrected chi connectivity index (χ0v) is 11.1. The highest BCUT2D eigenvalue weighted by atomic mass is 35.5. The summed E-state index contributed by atoms with van der Waals surface area (Å²) in [6.45, 7) is 5.91. The Balaban J connectivity index is 2.55. The highest BCUT2D eigenvalue weighted by Crippen LogP contribution is 2.15. The lowest BCUT2D eigenvalue weighted by Gasteiger charge is -2.12. The third kappa shape index (κ3) is 4.12. The van der Waals surface area contributed by atoms with Crippen LogP contribution in [0.15, 0.2) is 6.20 Å². The maximum Gasteiger partial charge on any atom is 0.0818 e. The number of rotatable bonds is 7. The summed E-state index contributed by atoms with van der Waals surface area (Å²) < 4.78 is 2.00. The number of hydrogen-bond donors (Lipinski definition) is 1. The third-order valence-electron chi connectivity index (χ3n) is 2.45. The van der Waals surface area contributed by atoms with Gasteiger partial charge in [0.15, 0.2) is 0 Å². The second-order valence-corrected chi connectivity index (χ2v) is 4.48. The fraction of sp³-hybridized carbons (Fsp3) is 0.727. The maximum absolute atomic E-state index is 6.11. The van der Waals surface area contributed by atoms with Gasteiger partial charge in [0.1, 0.15) is 0 Å². The highest BCUT2D eigenvalue weighted by Gasteiger charge is 2.08.